The van der Waals surface area contributed by atoms with E-state index in [4.69, 9.17) is 4.52 Å². The van der Waals surface area contributed by atoms with E-state index in [2.05, 4.69) is 72.3 Å². The van der Waals surface area contributed by atoms with Gasteiger partial charge in [-0.15, -0.1) is 0 Å². The van der Waals surface area contributed by atoms with Gasteiger partial charge in [-0.3, -0.25) is 0 Å². The zero-order valence-electron chi connectivity index (χ0n) is 11.4. The molecule has 2 aromatic rings. The smallest absolute Gasteiger partial charge is 0.0562 e. The molecule has 0 radical (unpaired) electrons. The summed E-state index contributed by atoms with van der Waals surface area (Å²) in [5.41, 5.74) is 2.47. The lowest BCUT2D eigenvalue weighted by atomic mass is 10.1. The third-order valence-corrected chi connectivity index (χ3v) is 6.41. The maximum Gasteiger partial charge on any atom is 0.0562 e. The SMILES string of the molecule is COP1(c2ccccc2)=CC=C(c2ccccc2)C=C1. The first-order valence-corrected chi connectivity index (χ1v) is 8.49. The van der Waals surface area contributed by atoms with Gasteiger partial charge >= 0.3 is 0 Å². The van der Waals surface area contributed by atoms with Gasteiger partial charge < -0.3 is 4.52 Å². The molecule has 1 aliphatic heterocycles. The van der Waals surface area contributed by atoms with Gasteiger partial charge in [-0.05, 0) is 22.8 Å². The van der Waals surface area contributed by atoms with Gasteiger partial charge in [0.15, 0.2) is 0 Å². The Morgan fingerprint density at radius 1 is 0.850 bits per heavy atom. The van der Waals surface area contributed by atoms with Crippen LogP contribution < -0.4 is 5.30 Å². The van der Waals surface area contributed by atoms with Gasteiger partial charge in [0.05, 0.1) is 7.11 Å². The highest BCUT2D eigenvalue weighted by Crippen LogP contribution is 2.50. The Labute approximate surface area is 120 Å². The molecule has 20 heavy (non-hydrogen) atoms. The summed E-state index contributed by atoms with van der Waals surface area (Å²) in [7, 11) is 0.0314. The summed E-state index contributed by atoms with van der Waals surface area (Å²) < 4.78 is 5.87. The number of benzene rings is 2. The highest BCUT2D eigenvalue weighted by molar-refractivity contribution is 7.80. The second-order valence-corrected chi connectivity index (χ2v) is 7.58. The molecule has 0 fully saturated rings. The molecule has 0 spiro atoms. The van der Waals surface area contributed by atoms with E-state index < -0.39 is 7.11 Å². The van der Waals surface area contributed by atoms with Crippen LogP contribution in [0, 0.1) is 0 Å². The third kappa shape index (κ3) is 2.43. The average molecular weight is 280 g/mol. The summed E-state index contributed by atoms with van der Waals surface area (Å²) in [4.78, 5) is 0. The molecule has 3 rings (SSSR count). The molecule has 1 heterocycles. The lowest BCUT2D eigenvalue weighted by Crippen LogP contribution is -2.07. The predicted molar refractivity (Wildman–Crippen MR) is 89.6 cm³/mol. The van der Waals surface area contributed by atoms with Crippen LogP contribution in [0.3, 0.4) is 0 Å². The number of hydrogen-bond donors (Lipinski definition) is 0. The van der Waals surface area contributed by atoms with E-state index in [1.807, 2.05) is 12.1 Å². The molecule has 0 aliphatic carbocycles. The van der Waals surface area contributed by atoms with Crippen molar-refractivity contribution in [3.63, 3.8) is 0 Å². The summed E-state index contributed by atoms with van der Waals surface area (Å²) in [5.74, 6) is 4.45. The maximum absolute atomic E-state index is 5.87. The molecule has 1 atom stereocenters. The van der Waals surface area contributed by atoms with Crippen LogP contribution in [0.4, 0.5) is 0 Å². The van der Waals surface area contributed by atoms with Gasteiger partial charge in [-0.25, -0.2) is 0 Å². The summed E-state index contributed by atoms with van der Waals surface area (Å²) >= 11 is 0. The molecule has 2 aromatic carbocycles. The molecule has 1 nitrogen and oxygen atoms in total. The lowest BCUT2D eigenvalue weighted by Gasteiger charge is -2.23. The van der Waals surface area contributed by atoms with E-state index in [9.17, 15) is 0 Å². The van der Waals surface area contributed by atoms with Crippen molar-refractivity contribution < 1.29 is 4.52 Å². The van der Waals surface area contributed by atoms with Crippen LogP contribution in [0.2, 0.25) is 0 Å². The Morgan fingerprint density at radius 3 is 2.05 bits per heavy atom. The Hall–Kier alpha value is -1.82. The lowest BCUT2D eigenvalue weighted by molar-refractivity contribution is 0.470. The van der Waals surface area contributed by atoms with Crippen molar-refractivity contribution in [3.8, 4) is 0 Å². The normalized spacial score (nSPS) is 21.1. The predicted octanol–water partition coefficient (Wildman–Crippen LogP) is 4.30. The molecular formula is C18H17OP. The van der Waals surface area contributed by atoms with Crippen LogP contribution >= 0.6 is 7.11 Å². The van der Waals surface area contributed by atoms with E-state index in [0.29, 0.717) is 0 Å². The van der Waals surface area contributed by atoms with Crippen LogP contribution in [0.1, 0.15) is 5.56 Å². The zero-order valence-corrected chi connectivity index (χ0v) is 12.3. The molecule has 2 heteroatoms. The molecule has 0 aromatic heterocycles. The van der Waals surface area contributed by atoms with E-state index in [0.717, 1.165) is 0 Å². The molecule has 100 valence electrons. The van der Waals surface area contributed by atoms with Crippen LogP contribution in [0.5, 0.6) is 0 Å². The second-order valence-electron chi connectivity index (χ2n) is 4.68. The van der Waals surface area contributed by atoms with Crippen LogP contribution in [0.15, 0.2) is 78.6 Å². The molecule has 1 unspecified atom stereocenters. The highest BCUT2D eigenvalue weighted by atomic mass is 31.2. The molecular weight excluding hydrogens is 263 g/mol. The summed E-state index contributed by atoms with van der Waals surface area (Å²) in [5, 5.41) is 1.25. The third-order valence-electron chi connectivity index (χ3n) is 3.52. The summed E-state index contributed by atoms with van der Waals surface area (Å²) in [6.07, 6.45) is 4.36. The molecule has 0 saturated carbocycles. The van der Waals surface area contributed by atoms with Crippen LogP contribution in [0.25, 0.3) is 5.57 Å². The highest BCUT2D eigenvalue weighted by Gasteiger charge is 2.17. The van der Waals surface area contributed by atoms with Gasteiger partial charge in [0, 0.05) is 12.4 Å². The zero-order chi connectivity index (χ0) is 13.8. The minimum atomic E-state index is -1.76. The molecule has 0 N–H and O–H groups in total. The topological polar surface area (TPSA) is 9.23 Å². The fourth-order valence-electron chi connectivity index (χ4n) is 2.37. The molecule has 1 aliphatic rings. The van der Waals surface area contributed by atoms with Crippen LogP contribution in [-0.4, -0.2) is 12.9 Å². The first-order valence-electron chi connectivity index (χ1n) is 6.65. The summed E-state index contributed by atoms with van der Waals surface area (Å²) in [6, 6.07) is 20.9. The number of allylic oxidation sites excluding steroid dienone is 3. The van der Waals surface area contributed by atoms with Crippen molar-refractivity contribution in [2.45, 2.75) is 0 Å². The number of hydrogen-bond acceptors (Lipinski definition) is 1. The fourth-order valence-corrected chi connectivity index (χ4v) is 4.67. The van der Waals surface area contributed by atoms with E-state index in [1.165, 1.54) is 16.4 Å². The Balaban J connectivity index is 2.04. The van der Waals surface area contributed by atoms with Gasteiger partial charge in [0.1, 0.15) is 0 Å². The van der Waals surface area contributed by atoms with Gasteiger partial charge in [-0.2, -0.15) is 0 Å². The van der Waals surface area contributed by atoms with E-state index in [1.54, 1.807) is 7.11 Å². The Morgan fingerprint density at radius 2 is 1.50 bits per heavy atom. The van der Waals surface area contributed by atoms with Crippen molar-refractivity contribution in [2.75, 3.05) is 7.11 Å². The van der Waals surface area contributed by atoms with E-state index >= 15 is 0 Å². The minimum Gasteiger partial charge on any atom is -0.356 e. The van der Waals surface area contributed by atoms with Gasteiger partial charge in [0.2, 0.25) is 0 Å². The standard InChI is InChI=1S/C18H17OP/c1-19-20(18-10-6-3-7-11-18)14-12-17(13-15-20)16-8-4-2-5-9-16/h2-15H,1H3. The second kappa shape index (κ2) is 5.66. The van der Waals surface area contributed by atoms with Crippen molar-refractivity contribution in [2.24, 2.45) is 0 Å². The largest absolute Gasteiger partial charge is 0.356 e. The van der Waals surface area contributed by atoms with Crippen molar-refractivity contribution in [1.82, 2.24) is 0 Å². The first kappa shape index (κ1) is 13.2. The van der Waals surface area contributed by atoms with Crippen molar-refractivity contribution >= 4 is 23.8 Å². The Bertz CT molecular complexity index is 697. The van der Waals surface area contributed by atoms with Gasteiger partial charge in [-0.1, -0.05) is 72.8 Å². The van der Waals surface area contributed by atoms with E-state index in [-0.39, 0.29) is 0 Å². The molecule has 0 amide bonds. The first-order chi connectivity index (χ1) is 9.84. The molecule has 0 bridgehead atoms. The number of rotatable bonds is 3. The van der Waals surface area contributed by atoms with Gasteiger partial charge in [0.25, 0.3) is 0 Å². The maximum atomic E-state index is 5.87. The Kier molecular flexibility index (Phi) is 3.73. The van der Waals surface area contributed by atoms with Crippen LogP contribution in [-0.2, 0) is 4.52 Å². The van der Waals surface area contributed by atoms with Crippen molar-refractivity contribution in [3.05, 3.63) is 84.2 Å². The fraction of sp³-hybridized carbons (Fsp3) is 0.0556. The molecule has 0 saturated heterocycles. The summed E-state index contributed by atoms with van der Waals surface area (Å²) in [6.45, 7) is 0. The monoisotopic (exact) mass is 280 g/mol. The quantitative estimate of drug-likeness (QED) is 0.761. The average Bonchev–Trinajstić information content (AvgIpc) is 2.56. The van der Waals surface area contributed by atoms with Crippen molar-refractivity contribution in [1.29, 1.82) is 0 Å². The minimum absolute atomic E-state index is 1.23.